The molecular weight excluding hydrogens is 256 g/mol. The van der Waals surface area contributed by atoms with Gasteiger partial charge in [-0.05, 0) is 44.6 Å². The van der Waals surface area contributed by atoms with E-state index in [-0.39, 0.29) is 0 Å². The lowest BCUT2D eigenvalue weighted by Gasteiger charge is -2.17. The van der Waals surface area contributed by atoms with Crippen molar-refractivity contribution in [2.45, 2.75) is 40.0 Å². The molecule has 1 atom stereocenters. The monoisotopic (exact) mass is 272 g/mol. The molecule has 5 heteroatoms. The summed E-state index contributed by atoms with van der Waals surface area (Å²) in [5, 5.41) is 5.70. The van der Waals surface area contributed by atoms with Crippen LogP contribution >= 0.6 is 11.3 Å². The van der Waals surface area contributed by atoms with Crippen LogP contribution in [0.2, 0.25) is 0 Å². The topological polar surface area (TPSA) is 43.1 Å². The van der Waals surface area contributed by atoms with Crippen molar-refractivity contribution in [3.8, 4) is 0 Å². The summed E-state index contributed by atoms with van der Waals surface area (Å²) in [6.45, 7) is 6.28. The fraction of sp³-hybridized carbons (Fsp3) is 0.500. The minimum atomic E-state index is 0.789. The highest BCUT2D eigenvalue weighted by molar-refractivity contribution is 7.19. The molecule has 1 unspecified atom stereocenters. The first-order valence-electron chi connectivity index (χ1n) is 6.77. The van der Waals surface area contributed by atoms with Gasteiger partial charge in [0.1, 0.15) is 16.5 Å². The summed E-state index contributed by atoms with van der Waals surface area (Å²) in [5.41, 5.74) is 2.47. The lowest BCUT2D eigenvalue weighted by molar-refractivity contribution is 0.509. The molecule has 4 rings (SSSR count). The van der Waals surface area contributed by atoms with Crippen LogP contribution in [-0.2, 0) is 12.8 Å². The average molecular weight is 272 g/mol. The highest BCUT2D eigenvalue weighted by Crippen LogP contribution is 2.38. The van der Waals surface area contributed by atoms with Gasteiger partial charge in [0, 0.05) is 4.88 Å². The van der Waals surface area contributed by atoms with Crippen LogP contribution in [0.1, 0.15) is 35.4 Å². The fourth-order valence-corrected chi connectivity index (χ4v) is 4.47. The molecule has 3 aromatic rings. The third-order valence-electron chi connectivity index (χ3n) is 4.00. The predicted molar refractivity (Wildman–Crippen MR) is 76.8 cm³/mol. The molecule has 0 saturated carbocycles. The van der Waals surface area contributed by atoms with Crippen LogP contribution < -0.4 is 0 Å². The molecule has 98 valence electrons. The van der Waals surface area contributed by atoms with Gasteiger partial charge in [-0.25, -0.2) is 9.97 Å². The quantitative estimate of drug-likeness (QED) is 0.631. The standard InChI is InChI=1S/C14H16N4S/c1-7-4-5-10-11(6-7)19-14-12(10)13-15-8(2)17-18(13)9(3)16-14/h7H,4-6H2,1-3H3. The molecule has 19 heavy (non-hydrogen) atoms. The highest BCUT2D eigenvalue weighted by atomic mass is 32.1. The Morgan fingerprint density at radius 1 is 1.26 bits per heavy atom. The summed E-state index contributed by atoms with van der Waals surface area (Å²) < 4.78 is 1.89. The molecule has 1 aliphatic rings. The van der Waals surface area contributed by atoms with Crippen molar-refractivity contribution in [3.63, 3.8) is 0 Å². The maximum absolute atomic E-state index is 4.73. The van der Waals surface area contributed by atoms with E-state index in [4.69, 9.17) is 4.98 Å². The second-order valence-corrected chi connectivity index (χ2v) is 6.67. The largest absolute Gasteiger partial charge is 0.222 e. The van der Waals surface area contributed by atoms with Crippen molar-refractivity contribution in [1.82, 2.24) is 19.6 Å². The number of hydrogen-bond acceptors (Lipinski definition) is 4. The van der Waals surface area contributed by atoms with Crippen LogP contribution in [0.5, 0.6) is 0 Å². The van der Waals surface area contributed by atoms with E-state index in [0.29, 0.717) is 0 Å². The van der Waals surface area contributed by atoms with Crippen LogP contribution in [0.15, 0.2) is 0 Å². The number of aryl methyl sites for hydroxylation is 3. The number of hydrogen-bond donors (Lipinski definition) is 0. The average Bonchev–Trinajstić information content (AvgIpc) is 2.88. The summed E-state index contributed by atoms with van der Waals surface area (Å²) in [5.74, 6) is 2.54. The minimum absolute atomic E-state index is 0.789. The first kappa shape index (κ1) is 11.3. The van der Waals surface area contributed by atoms with E-state index in [9.17, 15) is 0 Å². The summed E-state index contributed by atoms with van der Waals surface area (Å²) in [6, 6.07) is 0. The molecule has 0 aromatic carbocycles. The third-order valence-corrected chi connectivity index (χ3v) is 5.15. The molecule has 0 N–H and O–H groups in total. The van der Waals surface area contributed by atoms with E-state index in [1.54, 1.807) is 0 Å². The van der Waals surface area contributed by atoms with Gasteiger partial charge in [-0.15, -0.1) is 16.4 Å². The van der Waals surface area contributed by atoms with Gasteiger partial charge < -0.3 is 0 Å². The number of fused-ring (bicyclic) bond motifs is 5. The van der Waals surface area contributed by atoms with E-state index < -0.39 is 0 Å². The number of thiophene rings is 1. The minimum Gasteiger partial charge on any atom is -0.222 e. The highest BCUT2D eigenvalue weighted by Gasteiger charge is 2.23. The second-order valence-electron chi connectivity index (χ2n) is 5.59. The Morgan fingerprint density at radius 2 is 2.11 bits per heavy atom. The van der Waals surface area contributed by atoms with Crippen molar-refractivity contribution in [2.24, 2.45) is 5.92 Å². The Labute approximate surface area is 115 Å². The SMILES string of the molecule is Cc1nc2c3c4c(sc3nc(C)n2n1)CC(C)CC4. The van der Waals surface area contributed by atoms with E-state index in [1.165, 1.54) is 28.7 Å². The molecule has 0 saturated heterocycles. The molecule has 0 spiro atoms. The molecular formula is C14H16N4S. The Morgan fingerprint density at radius 3 is 2.95 bits per heavy atom. The lowest BCUT2D eigenvalue weighted by Crippen LogP contribution is -2.08. The normalized spacial score (nSPS) is 19.2. The van der Waals surface area contributed by atoms with Crippen molar-refractivity contribution >= 4 is 27.2 Å². The van der Waals surface area contributed by atoms with Crippen molar-refractivity contribution in [3.05, 3.63) is 22.1 Å². The van der Waals surface area contributed by atoms with Crippen molar-refractivity contribution in [2.75, 3.05) is 0 Å². The van der Waals surface area contributed by atoms with Gasteiger partial charge in [-0.3, -0.25) is 0 Å². The van der Waals surface area contributed by atoms with Gasteiger partial charge in [0.15, 0.2) is 5.65 Å². The smallest absolute Gasteiger partial charge is 0.168 e. The fourth-order valence-electron chi connectivity index (χ4n) is 3.04. The Kier molecular flexibility index (Phi) is 2.24. The first-order valence-corrected chi connectivity index (χ1v) is 7.59. The Bertz CT molecular complexity index is 799. The van der Waals surface area contributed by atoms with Gasteiger partial charge in [-0.2, -0.15) is 4.52 Å². The Balaban J connectivity index is 2.14. The van der Waals surface area contributed by atoms with Gasteiger partial charge in [0.2, 0.25) is 0 Å². The van der Waals surface area contributed by atoms with Crippen molar-refractivity contribution in [1.29, 1.82) is 0 Å². The maximum atomic E-state index is 4.73. The number of rotatable bonds is 0. The van der Waals surface area contributed by atoms with Crippen LogP contribution in [0, 0.1) is 19.8 Å². The molecule has 0 fully saturated rings. The maximum Gasteiger partial charge on any atom is 0.168 e. The third kappa shape index (κ3) is 1.54. The molecule has 0 amide bonds. The van der Waals surface area contributed by atoms with E-state index >= 15 is 0 Å². The summed E-state index contributed by atoms with van der Waals surface area (Å²) in [6.07, 6.45) is 3.61. The molecule has 1 aliphatic carbocycles. The molecule has 0 radical (unpaired) electrons. The van der Waals surface area contributed by atoms with Crippen molar-refractivity contribution < 1.29 is 0 Å². The zero-order valence-electron chi connectivity index (χ0n) is 11.4. The zero-order valence-corrected chi connectivity index (χ0v) is 12.2. The first-order chi connectivity index (χ1) is 9.13. The van der Waals surface area contributed by atoms with Gasteiger partial charge >= 0.3 is 0 Å². The van der Waals surface area contributed by atoms with Gasteiger partial charge in [0.05, 0.1) is 5.39 Å². The number of aromatic nitrogens is 4. The van der Waals surface area contributed by atoms with Crippen LogP contribution in [0.4, 0.5) is 0 Å². The van der Waals surface area contributed by atoms with E-state index in [2.05, 4.69) is 17.0 Å². The van der Waals surface area contributed by atoms with Crippen LogP contribution in [0.25, 0.3) is 15.9 Å². The van der Waals surface area contributed by atoms with Crippen LogP contribution in [0.3, 0.4) is 0 Å². The molecule has 0 aliphatic heterocycles. The zero-order chi connectivity index (χ0) is 13.1. The van der Waals surface area contributed by atoms with E-state index in [1.807, 2.05) is 29.7 Å². The van der Waals surface area contributed by atoms with Gasteiger partial charge in [-0.1, -0.05) is 6.92 Å². The van der Waals surface area contributed by atoms with Crippen LogP contribution in [-0.4, -0.2) is 19.6 Å². The lowest BCUT2D eigenvalue weighted by atomic mass is 9.89. The molecule has 0 bridgehead atoms. The van der Waals surface area contributed by atoms with Gasteiger partial charge in [0.25, 0.3) is 0 Å². The molecule has 3 heterocycles. The second kappa shape index (κ2) is 3.76. The predicted octanol–water partition coefficient (Wildman–Crippen LogP) is 3.08. The summed E-state index contributed by atoms with van der Waals surface area (Å²) in [4.78, 5) is 12.0. The van der Waals surface area contributed by atoms with E-state index in [0.717, 1.165) is 34.5 Å². The molecule has 4 nitrogen and oxygen atoms in total. The Hall–Kier alpha value is -1.49. The summed E-state index contributed by atoms with van der Waals surface area (Å²) in [7, 11) is 0. The summed E-state index contributed by atoms with van der Waals surface area (Å²) >= 11 is 1.85. The number of nitrogens with zero attached hydrogens (tertiary/aromatic N) is 4. The molecule has 3 aromatic heterocycles.